The number of aromatic nitrogens is 2. The molecule has 0 spiro atoms. The molecule has 0 saturated carbocycles. The lowest BCUT2D eigenvalue weighted by molar-refractivity contribution is -0.147. The van der Waals surface area contributed by atoms with Gasteiger partial charge in [-0.15, -0.1) is 0 Å². The monoisotopic (exact) mass is 183 g/mol. The molecule has 0 fully saturated rings. The molecule has 68 valence electrons. The molecule has 1 heterocycles. The molecule has 0 aliphatic heterocycles. The van der Waals surface area contributed by atoms with E-state index in [0.717, 1.165) is 6.07 Å². The van der Waals surface area contributed by atoms with Crippen molar-refractivity contribution in [1.82, 2.24) is 10.2 Å². The van der Waals surface area contributed by atoms with Crippen LogP contribution in [0.1, 0.15) is 0 Å². The van der Waals surface area contributed by atoms with E-state index in [1.54, 1.807) is 0 Å². The van der Waals surface area contributed by atoms with Crippen LogP contribution in [-0.4, -0.2) is 27.2 Å². The summed E-state index contributed by atoms with van der Waals surface area (Å²) in [5.41, 5.74) is -0.437. The summed E-state index contributed by atoms with van der Waals surface area (Å²) in [6.45, 7) is 0. The lowest BCUT2D eigenvalue weighted by Crippen LogP contribution is -2.23. The van der Waals surface area contributed by atoms with Gasteiger partial charge in [-0.25, -0.2) is 9.89 Å². The summed E-state index contributed by atoms with van der Waals surface area (Å²) >= 11 is 0. The van der Waals surface area contributed by atoms with Gasteiger partial charge >= 0.3 is 11.9 Å². The Balaban J connectivity index is 2.76. The van der Waals surface area contributed by atoms with Crippen LogP contribution in [0.4, 0.5) is 5.82 Å². The Bertz CT molecular complexity index is 377. The molecule has 13 heavy (non-hydrogen) atoms. The van der Waals surface area contributed by atoms with Crippen molar-refractivity contribution in [3.63, 3.8) is 0 Å². The van der Waals surface area contributed by atoms with Crippen molar-refractivity contribution >= 4 is 17.7 Å². The number of carboxylic acid groups (broad SMARTS) is 1. The highest BCUT2D eigenvalue weighted by Gasteiger charge is 2.11. The average molecular weight is 183 g/mol. The zero-order valence-electron chi connectivity index (χ0n) is 6.27. The van der Waals surface area contributed by atoms with Crippen molar-refractivity contribution in [1.29, 1.82) is 0 Å². The molecule has 7 nitrogen and oxygen atoms in total. The Morgan fingerprint density at radius 3 is 2.62 bits per heavy atom. The van der Waals surface area contributed by atoms with Gasteiger partial charge in [-0.2, -0.15) is 5.10 Å². The van der Waals surface area contributed by atoms with Crippen LogP contribution in [0.15, 0.2) is 16.9 Å². The largest absolute Gasteiger partial charge is 0.474 e. The minimum absolute atomic E-state index is 0.0213. The Labute approximate surface area is 71.4 Å². The van der Waals surface area contributed by atoms with Gasteiger partial charge in [0.05, 0.1) is 0 Å². The Morgan fingerprint density at radius 1 is 1.46 bits per heavy atom. The quantitative estimate of drug-likeness (QED) is 0.473. The summed E-state index contributed by atoms with van der Waals surface area (Å²) < 4.78 is 0. The third kappa shape index (κ3) is 2.40. The fourth-order valence-electron chi connectivity index (χ4n) is 0.584. The number of anilines is 1. The lowest BCUT2D eigenvalue weighted by Gasteiger charge is -1.97. The maximum absolute atomic E-state index is 10.6. The first-order chi connectivity index (χ1) is 6.09. The molecule has 0 aromatic carbocycles. The Hall–Kier alpha value is -2.18. The first kappa shape index (κ1) is 8.91. The van der Waals surface area contributed by atoms with E-state index in [1.807, 2.05) is 10.4 Å². The molecule has 1 aromatic heterocycles. The zero-order valence-corrected chi connectivity index (χ0v) is 6.27. The number of carbonyl (C=O) groups excluding carboxylic acids is 1. The van der Waals surface area contributed by atoms with Crippen molar-refractivity contribution in [2.75, 3.05) is 5.32 Å². The highest BCUT2D eigenvalue weighted by atomic mass is 16.4. The SMILES string of the molecule is O=C(O)C(=O)Nc1ccc(=O)[nH]n1. The summed E-state index contributed by atoms with van der Waals surface area (Å²) in [6, 6.07) is 2.31. The Morgan fingerprint density at radius 2 is 2.15 bits per heavy atom. The fourth-order valence-corrected chi connectivity index (χ4v) is 0.584. The fraction of sp³-hybridized carbons (Fsp3) is 0. The molecular formula is C6H5N3O4. The predicted molar refractivity (Wildman–Crippen MR) is 41.1 cm³/mol. The highest BCUT2D eigenvalue weighted by Crippen LogP contribution is 1.94. The predicted octanol–water partition coefficient (Wildman–Crippen LogP) is -1.21. The maximum Gasteiger partial charge on any atom is 0.394 e. The van der Waals surface area contributed by atoms with Gasteiger partial charge in [0.1, 0.15) is 0 Å². The minimum atomic E-state index is -1.62. The van der Waals surface area contributed by atoms with Crippen LogP contribution in [-0.2, 0) is 9.59 Å². The summed E-state index contributed by atoms with van der Waals surface area (Å²) in [7, 11) is 0. The van der Waals surface area contributed by atoms with E-state index in [9.17, 15) is 14.4 Å². The number of aromatic amines is 1. The van der Waals surface area contributed by atoms with Gasteiger partial charge in [0.15, 0.2) is 5.82 Å². The number of hydrogen-bond acceptors (Lipinski definition) is 4. The molecule has 0 unspecified atom stereocenters. The van der Waals surface area contributed by atoms with E-state index in [1.165, 1.54) is 6.07 Å². The highest BCUT2D eigenvalue weighted by molar-refractivity contribution is 6.36. The van der Waals surface area contributed by atoms with E-state index in [4.69, 9.17) is 5.11 Å². The van der Waals surface area contributed by atoms with Gasteiger partial charge in [0.25, 0.3) is 5.56 Å². The number of hydrogen-bond donors (Lipinski definition) is 3. The molecular weight excluding hydrogens is 178 g/mol. The van der Waals surface area contributed by atoms with Crippen molar-refractivity contribution in [2.24, 2.45) is 0 Å². The maximum atomic E-state index is 10.6. The van der Waals surface area contributed by atoms with Crippen LogP contribution in [0.2, 0.25) is 0 Å². The molecule has 1 aromatic rings. The minimum Gasteiger partial charge on any atom is -0.474 e. The topological polar surface area (TPSA) is 112 Å². The number of nitrogens with zero attached hydrogens (tertiary/aromatic N) is 1. The van der Waals surface area contributed by atoms with Gasteiger partial charge in [0, 0.05) is 6.07 Å². The van der Waals surface area contributed by atoms with Crippen molar-refractivity contribution in [3.05, 3.63) is 22.5 Å². The number of aliphatic carboxylic acids is 1. The third-order valence-corrected chi connectivity index (χ3v) is 1.11. The number of nitrogens with one attached hydrogen (secondary N) is 2. The first-order valence-corrected chi connectivity index (χ1v) is 3.19. The van der Waals surface area contributed by atoms with Crippen LogP contribution in [0.3, 0.4) is 0 Å². The van der Waals surface area contributed by atoms with Crippen molar-refractivity contribution in [3.8, 4) is 0 Å². The summed E-state index contributed by atoms with van der Waals surface area (Å²) in [4.78, 5) is 31.1. The molecule has 3 N–H and O–H groups in total. The van der Waals surface area contributed by atoms with Crippen LogP contribution < -0.4 is 10.9 Å². The normalized spacial score (nSPS) is 9.23. The van der Waals surface area contributed by atoms with Gasteiger partial charge in [-0.05, 0) is 6.07 Å². The standard InChI is InChI=1S/C6H5N3O4/c10-4-2-1-3(8-9-4)7-5(11)6(12)13/h1-2H,(H,9,10)(H,12,13)(H,7,8,11). The van der Waals surface area contributed by atoms with E-state index >= 15 is 0 Å². The summed E-state index contributed by atoms with van der Waals surface area (Å²) in [6.07, 6.45) is 0. The first-order valence-electron chi connectivity index (χ1n) is 3.19. The van der Waals surface area contributed by atoms with Crippen LogP contribution in [0.5, 0.6) is 0 Å². The van der Waals surface area contributed by atoms with Crippen LogP contribution >= 0.6 is 0 Å². The number of amides is 1. The van der Waals surface area contributed by atoms with Gasteiger partial charge in [0.2, 0.25) is 0 Å². The smallest absolute Gasteiger partial charge is 0.394 e. The number of H-pyrrole nitrogens is 1. The molecule has 0 saturated heterocycles. The van der Waals surface area contributed by atoms with Gasteiger partial charge < -0.3 is 5.11 Å². The second kappa shape index (κ2) is 3.48. The average Bonchev–Trinajstić information content (AvgIpc) is 2.08. The molecule has 0 atom stereocenters. The van der Waals surface area contributed by atoms with E-state index in [2.05, 4.69) is 5.10 Å². The van der Waals surface area contributed by atoms with Crippen LogP contribution in [0.25, 0.3) is 0 Å². The van der Waals surface area contributed by atoms with E-state index in [0.29, 0.717) is 0 Å². The number of rotatable bonds is 1. The molecule has 0 aliphatic rings. The second-order valence-corrected chi connectivity index (χ2v) is 2.07. The van der Waals surface area contributed by atoms with E-state index < -0.39 is 17.4 Å². The van der Waals surface area contributed by atoms with Gasteiger partial charge in [-0.3, -0.25) is 14.9 Å². The third-order valence-electron chi connectivity index (χ3n) is 1.11. The zero-order chi connectivity index (χ0) is 9.84. The lowest BCUT2D eigenvalue weighted by atomic mass is 10.5. The van der Waals surface area contributed by atoms with Crippen LogP contribution in [0, 0.1) is 0 Å². The molecule has 0 bridgehead atoms. The molecule has 1 amide bonds. The second-order valence-electron chi connectivity index (χ2n) is 2.07. The summed E-state index contributed by atoms with van der Waals surface area (Å²) in [5, 5.41) is 15.5. The molecule has 7 heteroatoms. The molecule has 0 radical (unpaired) electrons. The number of carboxylic acids is 1. The summed E-state index contributed by atoms with van der Waals surface area (Å²) in [5.74, 6) is -2.85. The Kier molecular flexibility index (Phi) is 2.38. The number of carbonyl (C=O) groups is 2. The van der Waals surface area contributed by atoms with E-state index in [-0.39, 0.29) is 5.82 Å². The van der Waals surface area contributed by atoms with Crippen molar-refractivity contribution < 1.29 is 14.7 Å². The molecule has 0 aliphatic carbocycles. The van der Waals surface area contributed by atoms with Gasteiger partial charge in [-0.1, -0.05) is 0 Å². The molecule has 1 rings (SSSR count). The van der Waals surface area contributed by atoms with Crippen molar-refractivity contribution in [2.45, 2.75) is 0 Å².